The number of nitrogens with zero attached hydrogens (tertiary/aromatic N) is 10. The third-order valence-corrected chi connectivity index (χ3v) is 20.9. The van der Waals surface area contributed by atoms with Crippen molar-refractivity contribution in [1.82, 2.24) is 29.4 Å². The van der Waals surface area contributed by atoms with Crippen LogP contribution < -0.4 is 15.1 Å². The zero-order valence-corrected chi connectivity index (χ0v) is 52.1. The second-order valence-corrected chi connectivity index (χ2v) is 30.4. The molecular weight excluding hydrogens is 1060 g/mol. The molecule has 428 valence electrons. The van der Waals surface area contributed by atoms with E-state index >= 15 is 9.59 Å². The third kappa shape index (κ3) is 9.87. The third-order valence-electron chi connectivity index (χ3n) is 18.4. The van der Waals surface area contributed by atoms with E-state index in [1.54, 1.807) is 9.20 Å². The van der Waals surface area contributed by atoms with E-state index in [9.17, 15) is 10.5 Å². The lowest BCUT2D eigenvalue weighted by Gasteiger charge is -2.50. The Labute approximate surface area is 492 Å². The number of carbonyl (C=O) groups excluding carboxylic acids is 2. The summed E-state index contributed by atoms with van der Waals surface area (Å²) in [5, 5.41) is 34.7. The van der Waals surface area contributed by atoms with E-state index in [1.807, 2.05) is 74.8 Å². The zero-order valence-electron chi connectivity index (χ0n) is 50.5. The van der Waals surface area contributed by atoms with Gasteiger partial charge in [-0.3, -0.25) is 4.79 Å². The molecule has 82 heavy (non-hydrogen) atoms. The highest BCUT2D eigenvalue weighted by molar-refractivity contribution is 8.08. The summed E-state index contributed by atoms with van der Waals surface area (Å²) >= 11 is 3.01. The molecule has 0 amide bonds. The summed E-state index contributed by atoms with van der Waals surface area (Å²) in [6, 6.07) is 28.7. The van der Waals surface area contributed by atoms with Gasteiger partial charge in [0.1, 0.15) is 56.9 Å². The Kier molecular flexibility index (Phi) is 14.4. The van der Waals surface area contributed by atoms with Gasteiger partial charge >= 0.3 is 11.9 Å². The highest BCUT2D eigenvalue weighted by Crippen LogP contribution is 2.58. The van der Waals surface area contributed by atoms with Crippen molar-refractivity contribution in [2.45, 2.75) is 151 Å². The second-order valence-electron chi connectivity index (χ2n) is 28.3. The van der Waals surface area contributed by atoms with E-state index in [-0.39, 0.29) is 74.3 Å². The molecule has 0 radical (unpaired) electrons. The quantitative estimate of drug-likeness (QED) is 0.144. The lowest BCUT2D eigenvalue weighted by molar-refractivity contribution is -0.171. The number of ether oxygens (including phenoxy) is 2. The monoisotopic (exact) mass is 1140 g/mol. The van der Waals surface area contributed by atoms with Crippen molar-refractivity contribution in [2.75, 3.05) is 23.9 Å². The molecule has 16 heteroatoms. The summed E-state index contributed by atoms with van der Waals surface area (Å²) in [7, 11) is 3.95. The van der Waals surface area contributed by atoms with Gasteiger partial charge in [0.05, 0.1) is 28.7 Å². The molecule has 5 aliphatic rings. The molecule has 0 bridgehead atoms. The van der Waals surface area contributed by atoms with Crippen molar-refractivity contribution in [3.05, 3.63) is 100 Å². The Morgan fingerprint density at radius 2 is 1.07 bits per heavy atom. The predicted molar refractivity (Wildman–Crippen MR) is 325 cm³/mol. The highest BCUT2D eigenvalue weighted by atomic mass is 32.2. The molecule has 2 aliphatic carbocycles. The van der Waals surface area contributed by atoms with E-state index in [1.165, 1.54) is 23.5 Å². The number of hydrogen-bond acceptors (Lipinski definition) is 14. The van der Waals surface area contributed by atoms with Crippen LogP contribution in [0.2, 0.25) is 0 Å². The van der Waals surface area contributed by atoms with Gasteiger partial charge in [0.2, 0.25) is 0 Å². The van der Waals surface area contributed by atoms with Gasteiger partial charge in [0.15, 0.2) is 17.3 Å². The van der Waals surface area contributed by atoms with Gasteiger partial charge in [-0.1, -0.05) is 181 Å². The maximum Gasteiger partial charge on any atom is 0.343 e. The van der Waals surface area contributed by atoms with Gasteiger partial charge in [0, 0.05) is 58.7 Å². The lowest BCUT2D eigenvalue weighted by Crippen LogP contribution is -2.50. The second kappa shape index (κ2) is 20.6. The summed E-state index contributed by atoms with van der Waals surface area (Å²) in [5.41, 5.74) is 3.92. The van der Waals surface area contributed by atoms with Gasteiger partial charge in [-0.15, -0.1) is 10.2 Å². The fraction of sp³-hybridized carbons (Fsp3) is 0.515. The summed E-state index contributed by atoms with van der Waals surface area (Å²) in [5.74, 6) is -0.375. The van der Waals surface area contributed by atoms with Gasteiger partial charge in [-0.2, -0.15) is 10.5 Å². The average molecular weight is 1140 g/mol. The number of thioether (sulfide) groups is 2. The van der Waals surface area contributed by atoms with Crippen LogP contribution in [0.4, 0.5) is 11.4 Å². The number of nitriles is 2. The van der Waals surface area contributed by atoms with Gasteiger partial charge in [-0.05, 0) is 71.3 Å². The van der Waals surface area contributed by atoms with Gasteiger partial charge in [0.25, 0.3) is 0 Å². The van der Waals surface area contributed by atoms with Crippen LogP contribution in [0.3, 0.4) is 0 Å². The van der Waals surface area contributed by atoms with E-state index in [4.69, 9.17) is 29.6 Å². The van der Waals surface area contributed by atoms with Crippen LogP contribution in [0, 0.1) is 85.7 Å². The molecule has 11 rings (SSSR count). The minimum absolute atomic E-state index is 0.0911. The maximum absolute atomic E-state index is 15.3. The number of carbonyl (C=O) groups is 2. The van der Waals surface area contributed by atoms with Gasteiger partial charge < -0.3 is 19.3 Å². The molecule has 3 aliphatic heterocycles. The van der Waals surface area contributed by atoms with Crippen molar-refractivity contribution in [3.8, 4) is 34.9 Å². The molecule has 6 unspecified atom stereocenters. The molecule has 6 aromatic rings. The number of hydrogen-bond donors (Lipinski definition) is 0. The van der Waals surface area contributed by atoms with Crippen LogP contribution in [-0.4, -0.2) is 67.6 Å². The first-order valence-corrected chi connectivity index (χ1v) is 30.7. The first-order valence-electron chi connectivity index (χ1n) is 29.1. The fourth-order valence-electron chi connectivity index (χ4n) is 14.0. The number of fused-ring (bicyclic) bond motifs is 4. The SMILES string of the molecule is CC1CC(C(C)(C)C)C(OC(=O)c2c(C#N)/c(=C3/Sc4cc5c(cc4N3C)S/C(=C3/C(C#N)C(C(=O)OC4C(C(C)(C)C)CC(C)CC4C(C)(C)C)c4nc(-c6ccccc6)nn43)N5C)n3nc(-c4ccccc4)nc23)C(C(C)(C)C)C1. The lowest BCUT2D eigenvalue weighted by atomic mass is 9.59. The van der Waals surface area contributed by atoms with Crippen LogP contribution in [0.1, 0.15) is 150 Å². The molecular formula is C66H78N10O4S2. The molecule has 6 atom stereocenters. The van der Waals surface area contributed by atoms with Crippen molar-refractivity contribution >= 4 is 63.2 Å². The van der Waals surface area contributed by atoms with Crippen molar-refractivity contribution < 1.29 is 19.1 Å². The first-order chi connectivity index (χ1) is 38.6. The molecule has 0 spiro atoms. The Morgan fingerprint density at radius 3 is 1.54 bits per heavy atom. The van der Waals surface area contributed by atoms with E-state index in [2.05, 4.69) is 131 Å². The molecule has 3 aromatic carbocycles. The topological polar surface area (TPSA) is 168 Å². The molecule has 3 aromatic heterocycles. The molecule has 14 nitrogen and oxygen atoms in total. The van der Waals surface area contributed by atoms with Crippen molar-refractivity contribution in [1.29, 1.82) is 10.5 Å². The van der Waals surface area contributed by atoms with E-state index < -0.39 is 23.8 Å². The minimum Gasteiger partial charge on any atom is -0.461 e. The maximum atomic E-state index is 15.3. The molecule has 0 saturated heterocycles. The molecule has 0 N–H and O–H groups in total. The predicted octanol–water partition coefficient (Wildman–Crippen LogP) is 14.1. The van der Waals surface area contributed by atoms with Crippen LogP contribution in [0.25, 0.3) is 39.1 Å². The van der Waals surface area contributed by atoms with Crippen LogP contribution in [0.15, 0.2) is 87.6 Å². The largest absolute Gasteiger partial charge is 0.461 e. The number of benzene rings is 3. The Hall–Kier alpha value is -6.62. The van der Waals surface area contributed by atoms with Crippen molar-refractivity contribution in [2.24, 2.45) is 63.1 Å². The summed E-state index contributed by atoms with van der Waals surface area (Å²) in [6.07, 6.45) is 3.01. The van der Waals surface area contributed by atoms with E-state index in [0.29, 0.717) is 45.4 Å². The van der Waals surface area contributed by atoms with Gasteiger partial charge in [-0.25, -0.2) is 24.0 Å². The van der Waals surface area contributed by atoms with Crippen LogP contribution >= 0.6 is 23.5 Å². The summed E-state index contributed by atoms with van der Waals surface area (Å²) < 4.78 is 17.1. The first kappa shape index (κ1) is 57.2. The Balaban J connectivity index is 0.992. The smallest absolute Gasteiger partial charge is 0.343 e. The average Bonchev–Trinajstić information content (AvgIpc) is 2.23. The molecule has 6 heterocycles. The number of rotatable bonds is 6. The van der Waals surface area contributed by atoms with E-state index in [0.717, 1.165) is 63.0 Å². The fourth-order valence-corrected chi connectivity index (χ4v) is 16.4. The van der Waals surface area contributed by atoms with Crippen LogP contribution in [0.5, 0.6) is 0 Å². The van der Waals surface area contributed by atoms with Crippen LogP contribution in [-0.2, 0) is 14.3 Å². The summed E-state index contributed by atoms with van der Waals surface area (Å²) in [4.78, 5) is 46.6. The molecule has 2 saturated carbocycles. The summed E-state index contributed by atoms with van der Waals surface area (Å²) in [6.45, 7) is 31.4. The number of aromatic nitrogens is 6. The minimum atomic E-state index is -1.03. The molecule has 2 fully saturated rings. The Bertz CT molecular complexity index is 3650. The highest BCUT2D eigenvalue weighted by Gasteiger charge is 2.54. The van der Waals surface area contributed by atoms with Crippen molar-refractivity contribution in [3.63, 3.8) is 0 Å². The number of esters is 2. The standard InChI is InChI=1S/C66H78N10O4S2/c1-35-27-41(63(3,4)5)53(42(28-35)64(6,7)8)79-61(77)49-39(33-67)51(75-57(49)69-55(71-75)37-23-19-17-20-24-37)59-73(15)45-31-48-46(32-47(45)81-59)74(16)60(82-48)52-40(34-68)50(58-70-56(72-76(52)58)38-25-21-18-22-26-38)62(78)80-54-43(65(9,10)11)29-36(2)30-44(54)66(12,13)14/h17-26,31-32,35-36,39,41-44,49,53-54H,27-30H2,1-16H3/b59-51-,60-52-. The zero-order chi connectivity index (χ0) is 58.9. The normalized spacial score (nSPS) is 27.2. The number of anilines is 2. The Morgan fingerprint density at radius 1 is 0.622 bits per heavy atom. The number of allylic oxidation sites excluding steroid dienone is 1.